The van der Waals surface area contributed by atoms with Gasteiger partial charge in [0.15, 0.2) is 0 Å². The summed E-state index contributed by atoms with van der Waals surface area (Å²) in [4.78, 5) is 0. The average molecular weight is 349 g/mol. The van der Waals surface area contributed by atoms with E-state index in [1.807, 2.05) is 0 Å². The van der Waals surface area contributed by atoms with Gasteiger partial charge < -0.3 is 0 Å². The molecule has 142 valence electrons. The van der Waals surface area contributed by atoms with Crippen molar-refractivity contribution in [2.45, 2.75) is 68.2 Å². The molecule has 5 heteroatoms. The van der Waals surface area contributed by atoms with Crippen molar-refractivity contribution in [1.82, 2.24) is 18.7 Å². The molecule has 0 unspecified atom stereocenters. The Bertz CT molecular complexity index is 239. The first-order valence-corrected chi connectivity index (χ1v) is 11.9. The predicted octanol–water partition coefficient (Wildman–Crippen LogP) is 4.54. The fraction of sp³-hybridized carbons (Fsp3) is 1.00. The molecule has 0 bridgehead atoms. The van der Waals surface area contributed by atoms with Gasteiger partial charge in [0.05, 0.1) is 0 Å². The zero-order chi connectivity index (χ0) is 17.9. The van der Waals surface area contributed by atoms with Crippen LogP contribution in [0.15, 0.2) is 0 Å². The molecule has 0 radical (unpaired) electrons. The molecule has 0 saturated heterocycles. The van der Waals surface area contributed by atoms with Gasteiger partial charge in [-0.3, -0.25) is 0 Å². The van der Waals surface area contributed by atoms with Crippen molar-refractivity contribution in [2.24, 2.45) is 0 Å². The second-order valence-corrected chi connectivity index (χ2v) is 9.83. The van der Waals surface area contributed by atoms with Crippen LogP contribution in [-0.4, -0.2) is 71.0 Å². The number of nitrogens with zero attached hydrogens (tertiary/aromatic N) is 4. The Morgan fingerprint density at radius 1 is 0.435 bits per heavy atom. The molecule has 0 aliphatic heterocycles. The molecule has 23 heavy (non-hydrogen) atoms. The van der Waals surface area contributed by atoms with Crippen molar-refractivity contribution in [3.63, 3.8) is 0 Å². The van der Waals surface area contributed by atoms with Crippen LogP contribution >= 0.6 is 7.87 Å². The first-order valence-electron chi connectivity index (χ1n) is 10.1. The summed E-state index contributed by atoms with van der Waals surface area (Å²) in [5.41, 5.74) is 0. The Hall–Kier alpha value is 0.270. The Labute approximate surface area is 147 Å². The minimum absolute atomic E-state index is 1.14. The molecule has 0 aliphatic carbocycles. The maximum absolute atomic E-state index is 2.88. The fourth-order valence-corrected chi connectivity index (χ4v) is 10.1. The van der Waals surface area contributed by atoms with Crippen LogP contribution in [0.3, 0.4) is 0 Å². The van der Waals surface area contributed by atoms with Gasteiger partial charge in [-0.1, -0.05) is 0 Å². The minimum atomic E-state index is -2.02. The SMILES string of the molecule is CCCN(CCC)[PH](N(CC)CC)(N(CC)CC)N(CC)CC. The summed E-state index contributed by atoms with van der Waals surface area (Å²) in [5, 5.41) is 0. The van der Waals surface area contributed by atoms with Crippen LogP contribution in [0.2, 0.25) is 0 Å². The summed E-state index contributed by atoms with van der Waals surface area (Å²) in [6.45, 7) is 28.0. The summed E-state index contributed by atoms with van der Waals surface area (Å²) in [5.74, 6) is 0. The van der Waals surface area contributed by atoms with Crippen molar-refractivity contribution >= 4 is 7.87 Å². The van der Waals surface area contributed by atoms with E-state index < -0.39 is 7.87 Å². The van der Waals surface area contributed by atoms with Crippen LogP contribution in [0.5, 0.6) is 0 Å². The van der Waals surface area contributed by atoms with Crippen LogP contribution in [0.25, 0.3) is 0 Å². The second-order valence-electron chi connectivity index (χ2n) is 6.10. The maximum atomic E-state index is 2.88. The van der Waals surface area contributed by atoms with E-state index in [1.165, 1.54) is 25.9 Å². The summed E-state index contributed by atoms with van der Waals surface area (Å²) in [6.07, 6.45) is 2.47. The van der Waals surface area contributed by atoms with Crippen LogP contribution in [0.4, 0.5) is 0 Å². The molecule has 4 nitrogen and oxygen atoms in total. The van der Waals surface area contributed by atoms with Gasteiger partial charge in [-0.05, 0) is 0 Å². The number of rotatable bonds is 14. The van der Waals surface area contributed by atoms with E-state index in [1.54, 1.807) is 0 Å². The van der Waals surface area contributed by atoms with Crippen molar-refractivity contribution in [2.75, 3.05) is 52.4 Å². The van der Waals surface area contributed by atoms with E-state index >= 15 is 0 Å². The van der Waals surface area contributed by atoms with E-state index in [-0.39, 0.29) is 0 Å². The van der Waals surface area contributed by atoms with Crippen LogP contribution < -0.4 is 0 Å². The molecular formula is C18H45N4P. The Kier molecular flexibility index (Phi) is 12.8. The van der Waals surface area contributed by atoms with Crippen molar-refractivity contribution in [3.8, 4) is 0 Å². The summed E-state index contributed by atoms with van der Waals surface area (Å²) < 4.78 is 11.3. The topological polar surface area (TPSA) is 13.0 Å². The number of hydrogen-bond acceptors (Lipinski definition) is 4. The van der Waals surface area contributed by atoms with E-state index in [9.17, 15) is 0 Å². The first kappa shape index (κ1) is 23.3. The molecule has 0 fully saturated rings. The normalized spacial score (nSPS) is 13.7. The van der Waals surface area contributed by atoms with Crippen LogP contribution in [-0.2, 0) is 0 Å². The zero-order valence-corrected chi connectivity index (χ0v) is 18.4. The predicted molar refractivity (Wildman–Crippen MR) is 109 cm³/mol. The summed E-state index contributed by atoms with van der Waals surface area (Å²) in [6, 6.07) is 0. The number of hydrogen-bond donors (Lipinski definition) is 0. The van der Waals surface area contributed by atoms with Gasteiger partial charge in [0.25, 0.3) is 0 Å². The van der Waals surface area contributed by atoms with E-state index in [2.05, 4.69) is 74.1 Å². The van der Waals surface area contributed by atoms with Gasteiger partial charge in [-0.25, -0.2) is 0 Å². The molecule has 0 aromatic carbocycles. The van der Waals surface area contributed by atoms with Crippen molar-refractivity contribution in [3.05, 3.63) is 0 Å². The first-order chi connectivity index (χ1) is 11.1. The zero-order valence-electron chi connectivity index (χ0n) is 17.4. The molecule has 0 aromatic rings. The quantitative estimate of drug-likeness (QED) is 0.427. The van der Waals surface area contributed by atoms with Gasteiger partial charge in [-0.2, -0.15) is 0 Å². The van der Waals surface area contributed by atoms with E-state index in [0.29, 0.717) is 0 Å². The third kappa shape index (κ3) is 5.12. The van der Waals surface area contributed by atoms with E-state index in [0.717, 1.165) is 39.3 Å². The standard InChI is InChI=1S/C18H45N4P/c1-9-17-22(18-10-2)23(19(11-3)12-4,20(13-5)14-6)21(15-7)16-8/h23H,9-18H2,1-8H3. The van der Waals surface area contributed by atoms with Gasteiger partial charge in [0.2, 0.25) is 0 Å². The molecule has 0 aromatic heterocycles. The molecule has 0 atom stereocenters. The summed E-state index contributed by atoms with van der Waals surface area (Å²) >= 11 is 0. The third-order valence-corrected chi connectivity index (χ3v) is 10.7. The van der Waals surface area contributed by atoms with E-state index in [4.69, 9.17) is 0 Å². The van der Waals surface area contributed by atoms with Crippen molar-refractivity contribution < 1.29 is 0 Å². The molecule has 0 saturated carbocycles. The molecule has 0 amide bonds. The molecule has 0 heterocycles. The third-order valence-electron chi connectivity index (χ3n) is 4.97. The molecule has 0 rings (SSSR count). The van der Waals surface area contributed by atoms with Crippen LogP contribution in [0.1, 0.15) is 68.2 Å². The van der Waals surface area contributed by atoms with Crippen molar-refractivity contribution in [1.29, 1.82) is 0 Å². The molecule has 0 spiro atoms. The average Bonchev–Trinajstić information content (AvgIpc) is 2.57. The second kappa shape index (κ2) is 12.6. The molecule has 0 aliphatic rings. The fourth-order valence-electron chi connectivity index (χ4n) is 4.10. The Balaban J connectivity index is 6.27. The molecular weight excluding hydrogens is 303 g/mol. The Morgan fingerprint density at radius 2 is 0.696 bits per heavy atom. The van der Waals surface area contributed by atoms with Crippen LogP contribution in [0, 0.1) is 0 Å². The van der Waals surface area contributed by atoms with Gasteiger partial charge >= 0.3 is 147 Å². The van der Waals surface area contributed by atoms with Gasteiger partial charge in [-0.15, -0.1) is 0 Å². The summed E-state index contributed by atoms with van der Waals surface area (Å²) in [7, 11) is -2.02. The molecule has 0 N–H and O–H groups in total. The monoisotopic (exact) mass is 348 g/mol. The Morgan fingerprint density at radius 3 is 0.870 bits per heavy atom. The van der Waals surface area contributed by atoms with Gasteiger partial charge in [0.1, 0.15) is 0 Å². The van der Waals surface area contributed by atoms with Gasteiger partial charge in [0, 0.05) is 0 Å².